The highest BCUT2D eigenvalue weighted by Crippen LogP contribution is 2.13. The molecule has 1 aliphatic heterocycles. The summed E-state index contributed by atoms with van der Waals surface area (Å²) in [6.07, 6.45) is 2.34. The van der Waals surface area contributed by atoms with E-state index in [4.69, 9.17) is 4.42 Å². The van der Waals surface area contributed by atoms with E-state index in [-0.39, 0.29) is 6.10 Å². The van der Waals surface area contributed by atoms with Gasteiger partial charge in [0, 0.05) is 19.5 Å². The summed E-state index contributed by atoms with van der Waals surface area (Å²) in [6.45, 7) is 4.52. The predicted octanol–water partition coefficient (Wildman–Crippen LogP) is 0.589. The zero-order valence-electron chi connectivity index (χ0n) is 9.02. The number of piperidine rings is 1. The molecule has 0 saturated carbocycles. The zero-order chi connectivity index (χ0) is 10.7. The second-order valence-electron chi connectivity index (χ2n) is 3.95. The van der Waals surface area contributed by atoms with Gasteiger partial charge >= 0.3 is 0 Å². The second-order valence-corrected chi connectivity index (χ2v) is 3.95. The van der Waals surface area contributed by atoms with Crippen LogP contribution in [-0.4, -0.2) is 39.4 Å². The number of hydrogen-bond acceptors (Lipinski definition) is 5. The summed E-state index contributed by atoms with van der Waals surface area (Å²) >= 11 is 0. The quantitative estimate of drug-likeness (QED) is 0.792. The van der Waals surface area contributed by atoms with Crippen molar-refractivity contribution in [3.8, 4) is 0 Å². The smallest absolute Gasteiger partial charge is 0.230 e. The topological polar surface area (TPSA) is 62.4 Å². The molecule has 0 radical (unpaired) electrons. The molecule has 0 amide bonds. The van der Waals surface area contributed by atoms with Gasteiger partial charge in [-0.05, 0) is 12.8 Å². The molecule has 0 aliphatic carbocycles. The molecule has 0 unspecified atom stereocenters. The fraction of sp³-hybridized carbons (Fsp3) is 0.800. The molecule has 1 aliphatic rings. The maximum atomic E-state index is 9.36. The number of aliphatic hydroxyl groups is 1. The highest BCUT2D eigenvalue weighted by Gasteiger charge is 2.18. The Kier molecular flexibility index (Phi) is 3.33. The van der Waals surface area contributed by atoms with Crippen LogP contribution in [0.25, 0.3) is 0 Å². The van der Waals surface area contributed by atoms with Crippen LogP contribution in [0.2, 0.25) is 0 Å². The lowest BCUT2D eigenvalue weighted by Crippen LogP contribution is -2.35. The maximum absolute atomic E-state index is 9.36. The van der Waals surface area contributed by atoms with Crippen LogP contribution in [-0.2, 0) is 13.0 Å². The third-order valence-electron chi connectivity index (χ3n) is 2.73. The van der Waals surface area contributed by atoms with Crippen LogP contribution in [0.4, 0.5) is 0 Å². The molecule has 84 valence electrons. The highest BCUT2D eigenvalue weighted by molar-refractivity contribution is 4.83. The van der Waals surface area contributed by atoms with Crippen molar-refractivity contribution in [3.05, 3.63) is 11.8 Å². The number of hydrogen-bond donors (Lipinski definition) is 1. The number of rotatable bonds is 3. The molecule has 0 spiro atoms. The molecule has 1 N–H and O–H groups in total. The Labute approximate surface area is 89.1 Å². The van der Waals surface area contributed by atoms with E-state index in [2.05, 4.69) is 15.1 Å². The lowest BCUT2D eigenvalue weighted by atomic mass is 10.1. The normalized spacial score (nSPS) is 19.6. The summed E-state index contributed by atoms with van der Waals surface area (Å²) < 4.78 is 5.44. The van der Waals surface area contributed by atoms with Gasteiger partial charge in [0.15, 0.2) is 0 Å². The summed E-state index contributed by atoms with van der Waals surface area (Å²) in [5.41, 5.74) is 0. The lowest BCUT2D eigenvalue weighted by Gasteiger charge is -2.27. The van der Waals surface area contributed by atoms with E-state index in [9.17, 15) is 5.11 Å². The van der Waals surface area contributed by atoms with Crippen molar-refractivity contribution < 1.29 is 9.52 Å². The predicted molar refractivity (Wildman–Crippen MR) is 54.2 cm³/mol. The van der Waals surface area contributed by atoms with Crippen molar-refractivity contribution in [2.75, 3.05) is 13.1 Å². The summed E-state index contributed by atoms with van der Waals surface area (Å²) in [6, 6.07) is 0. The molecule has 5 heteroatoms. The zero-order valence-corrected chi connectivity index (χ0v) is 9.02. The van der Waals surface area contributed by atoms with E-state index >= 15 is 0 Å². The van der Waals surface area contributed by atoms with Gasteiger partial charge < -0.3 is 9.52 Å². The first kappa shape index (κ1) is 10.6. The number of nitrogens with zero attached hydrogens (tertiary/aromatic N) is 3. The van der Waals surface area contributed by atoms with Crippen LogP contribution in [0.1, 0.15) is 31.5 Å². The molecule has 15 heavy (non-hydrogen) atoms. The van der Waals surface area contributed by atoms with Gasteiger partial charge in [0.1, 0.15) is 0 Å². The number of aryl methyl sites for hydroxylation is 1. The molecular weight excluding hydrogens is 194 g/mol. The minimum absolute atomic E-state index is 0.130. The van der Waals surface area contributed by atoms with Crippen LogP contribution >= 0.6 is 0 Å². The van der Waals surface area contributed by atoms with Gasteiger partial charge in [-0.25, -0.2) is 0 Å². The third-order valence-corrected chi connectivity index (χ3v) is 2.73. The molecule has 5 nitrogen and oxygen atoms in total. The van der Waals surface area contributed by atoms with Crippen molar-refractivity contribution >= 4 is 0 Å². The summed E-state index contributed by atoms with van der Waals surface area (Å²) in [5.74, 6) is 1.38. The van der Waals surface area contributed by atoms with Crippen molar-refractivity contribution in [3.63, 3.8) is 0 Å². The largest absolute Gasteiger partial charge is 0.424 e. The van der Waals surface area contributed by atoms with E-state index < -0.39 is 0 Å². The van der Waals surface area contributed by atoms with Gasteiger partial charge in [0.25, 0.3) is 0 Å². The Balaban J connectivity index is 1.86. The molecule has 1 aromatic heterocycles. The average molecular weight is 211 g/mol. The third kappa shape index (κ3) is 2.76. The number of aliphatic hydroxyl groups excluding tert-OH is 1. The van der Waals surface area contributed by atoms with E-state index in [1.165, 1.54) is 0 Å². The number of aromatic nitrogens is 2. The first-order valence-corrected chi connectivity index (χ1v) is 5.49. The molecule has 0 atom stereocenters. The molecule has 1 fully saturated rings. The first-order chi connectivity index (χ1) is 7.28. The first-order valence-electron chi connectivity index (χ1n) is 5.49. The number of likely N-dealkylation sites (tertiary alicyclic amines) is 1. The maximum Gasteiger partial charge on any atom is 0.230 e. The van der Waals surface area contributed by atoms with Crippen molar-refractivity contribution in [2.24, 2.45) is 0 Å². The monoisotopic (exact) mass is 211 g/mol. The second kappa shape index (κ2) is 4.72. The van der Waals surface area contributed by atoms with Crippen LogP contribution in [0.15, 0.2) is 4.42 Å². The lowest BCUT2D eigenvalue weighted by molar-refractivity contribution is 0.0749. The minimum atomic E-state index is -0.130. The Morgan fingerprint density at radius 2 is 2.00 bits per heavy atom. The average Bonchev–Trinajstić information content (AvgIpc) is 2.69. The minimum Gasteiger partial charge on any atom is -0.424 e. The fourth-order valence-electron chi connectivity index (χ4n) is 1.76. The molecule has 0 bridgehead atoms. The summed E-state index contributed by atoms with van der Waals surface area (Å²) in [7, 11) is 0. The van der Waals surface area contributed by atoms with Crippen LogP contribution in [0.5, 0.6) is 0 Å². The summed E-state index contributed by atoms with van der Waals surface area (Å²) in [4.78, 5) is 2.24. The van der Waals surface area contributed by atoms with Crippen LogP contribution < -0.4 is 0 Å². The van der Waals surface area contributed by atoms with Gasteiger partial charge in [-0.2, -0.15) is 0 Å². The van der Waals surface area contributed by atoms with Gasteiger partial charge in [0.2, 0.25) is 11.8 Å². The highest BCUT2D eigenvalue weighted by atomic mass is 16.4. The van der Waals surface area contributed by atoms with Crippen LogP contribution in [0, 0.1) is 0 Å². The van der Waals surface area contributed by atoms with Gasteiger partial charge in [0.05, 0.1) is 12.6 Å². The molecule has 2 rings (SSSR count). The van der Waals surface area contributed by atoms with Gasteiger partial charge in [-0.3, -0.25) is 4.90 Å². The molecule has 1 saturated heterocycles. The van der Waals surface area contributed by atoms with E-state index in [1.807, 2.05) is 6.92 Å². The van der Waals surface area contributed by atoms with Crippen LogP contribution in [0.3, 0.4) is 0 Å². The van der Waals surface area contributed by atoms with E-state index in [1.54, 1.807) is 0 Å². The van der Waals surface area contributed by atoms with E-state index in [0.717, 1.165) is 32.4 Å². The van der Waals surface area contributed by atoms with Gasteiger partial charge in [-0.1, -0.05) is 6.92 Å². The fourth-order valence-corrected chi connectivity index (χ4v) is 1.76. The summed E-state index contributed by atoms with van der Waals surface area (Å²) in [5, 5.41) is 17.3. The molecular formula is C10H17N3O2. The van der Waals surface area contributed by atoms with Crippen molar-refractivity contribution in [2.45, 2.75) is 38.8 Å². The molecule has 1 aromatic rings. The Bertz CT molecular complexity index is 305. The molecule has 0 aromatic carbocycles. The van der Waals surface area contributed by atoms with Crippen molar-refractivity contribution in [1.29, 1.82) is 0 Å². The Hall–Kier alpha value is -0.940. The van der Waals surface area contributed by atoms with E-state index in [0.29, 0.717) is 18.3 Å². The SMILES string of the molecule is CCc1nnc(CN2CCC(O)CC2)o1. The Morgan fingerprint density at radius 3 is 2.60 bits per heavy atom. The Morgan fingerprint density at radius 1 is 1.33 bits per heavy atom. The van der Waals surface area contributed by atoms with Crippen molar-refractivity contribution in [1.82, 2.24) is 15.1 Å². The van der Waals surface area contributed by atoms with Gasteiger partial charge in [-0.15, -0.1) is 10.2 Å². The molecule has 2 heterocycles. The standard InChI is InChI=1S/C10H17N3O2/c1-2-9-11-12-10(15-9)7-13-5-3-8(14)4-6-13/h8,14H,2-7H2,1H3.